The molecule has 0 aliphatic heterocycles. The molecule has 3 aromatic rings. The Hall–Kier alpha value is -2.81. The monoisotopic (exact) mass is 560 g/mol. The molecule has 0 aromatic heterocycles. The van der Waals surface area contributed by atoms with Crippen LogP contribution in [0.3, 0.4) is 0 Å². The predicted octanol–water partition coefficient (Wildman–Crippen LogP) is 12.5. The van der Waals surface area contributed by atoms with Crippen LogP contribution in [0.1, 0.15) is 115 Å². The van der Waals surface area contributed by atoms with Gasteiger partial charge in [-0.05, 0) is 71.9 Å². The fourth-order valence-corrected chi connectivity index (χ4v) is 6.15. The number of aryl methyl sites for hydroxylation is 1. The Bertz CT molecular complexity index is 1270. The van der Waals surface area contributed by atoms with Gasteiger partial charge >= 0.3 is 0 Å². The Morgan fingerprint density at radius 1 is 0.634 bits per heavy atom. The summed E-state index contributed by atoms with van der Waals surface area (Å²) in [5, 5.41) is 0. The van der Waals surface area contributed by atoms with Crippen LogP contribution in [0, 0.1) is 23.4 Å². The maximum Gasteiger partial charge on any atom is 0.166 e. The molecule has 0 saturated heterocycles. The summed E-state index contributed by atoms with van der Waals surface area (Å²) in [7, 11) is 0. The molecule has 0 saturated carbocycles. The van der Waals surface area contributed by atoms with E-state index in [0.29, 0.717) is 23.1 Å². The second-order valence-electron chi connectivity index (χ2n) is 11.9. The van der Waals surface area contributed by atoms with Crippen molar-refractivity contribution >= 4 is 5.57 Å². The lowest BCUT2D eigenvalue weighted by Crippen LogP contribution is -2.05. The Kier molecular flexibility index (Phi) is 12.1. The molecule has 0 N–H and O–H groups in total. The van der Waals surface area contributed by atoms with Crippen molar-refractivity contribution < 1.29 is 13.2 Å². The number of unbranched alkanes of at least 4 members (excludes halogenated alkanes) is 8. The van der Waals surface area contributed by atoms with Gasteiger partial charge in [0, 0.05) is 11.1 Å². The van der Waals surface area contributed by atoms with E-state index in [0.717, 1.165) is 55.6 Å². The number of benzene rings is 3. The zero-order valence-electron chi connectivity index (χ0n) is 25.1. The lowest BCUT2D eigenvalue weighted by molar-refractivity contribution is 0.423. The maximum absolute atomic E-state index is 15.3. The van der Waals surface area contributed by atoms with E-state index in [-0.39, 0.29) is 11.4 Å². The van der Waals surface area contributed by atoms with Crippen molar-refractivity contribution in [2.75, 3.05) is 0 Å². The predicted molar refractivity (Wildman–Crippen MR) is 168 cm³/mol. The van der Waals surface area contributed by atoms with Gasteiger partial charge in [-0.1, -0.05) is 133 Å². The number of allylic oxidation sites excluding steroid dienone is 2. The topological polar surface area (TPSA) is 0 Å². The summed E-state index contributed by atoms with van der Waals surface area (Å²) in [6.07, 6.45) is 19.4. The van der Waals surface area contributed by atoms with Gasteiger partial charge in [0.15, 0.2) is 11.6 Å². The Morgan fingerprint density at radius 3 is 1.88 bits per heavy atom. The van der Waals surface area contributed by atoms with Crippen LogP contribution in [0.2, 0.25) is 0 Å². The number of hydrogen-bond acceptors (Lipinski definition) is 0. The van der Waals surface area contributed by atoms with Crippen molar-refractivity contribution in [3.8, 4) is 22.3 Å². The van der Waals surface area contributed by atoms with E-state index < -0.39 is 11.6 Å². The first kappa shape index (κ1) is 31.1. The summed E-state index contributed by atoms with van der Waals surface area (Å²) in [5.41, 5.74) is 4.72. The van der Waals surface area contributed by atoms with E-state index in [9.17, 15) is 8.78 Å². The fourth-order valence-electron chi connectivity index (χ4n) is 6.15. The van der Waals surface area contributed by atoms with Crippen molar-refractivity contribution in [2.45, 2.75) is 110 Å². The quantitative estimate of drug-likeness (QED) is 0.162. The van der Waals surface area contributed by atoms with Gasteiger partial charge in [-0.3, -0.25) is 0 Å². The van der Waals surface area contributed by atoms with Gasteiger partial charge in [-0.25, -0.2) is 13.2 Å². The summed E-state index contributed by atoms with van der Waals surface area (Å²) in [6, 6.07) is 15.9. The first-order valence-corrected chi connectivity index (χ1v) is 16.1. The highest BCUT2D eigenvalue weighted by molar-refractivity contribution is 5.74. The van der Waals surface area contributed by atoms with Crippen LogP contribution in [-0.2, 0) is 6.42 Å². The molecule has 4 rings (SSSR count). The lowest BCUT2D eigenvalue weighted by atomic mass is 9.83. The second-order valence-corrected chi connectivity index (χ2v) is 11.9. The van der Waals surface area contributed by atoms with Gasteiger partial charge in [0.25, 0.3) is 0 Å². The molecule has 1 atom stereocenters. The van der Waals surface area contributed by atoms with Crippen LogP contribution < -0.4 is 0 Å². The highest BCUT2D eigenvalue weighted by Gasteiger charge is 2.18. The SMILES string of the molecule is CCCCCCCc1ccc(-c2ccc(-c3ccc(C4=CCC(CCCCCCC)CC4)cc3F)cc2)c(F)c1F. The minimum Gasteiger partial charge on any atom is -0.206 e. The van der Waals surface area contributed by atoms with E-state index >= 15 is 4.39 Å². The minimum absolute atomic E-state index is 0.239. The van der Waals surface area contributed by atoms with E-state index in [4.69, 9.17) is 0 Å². The molecule has 3 aromatic carbocycles. The Labute approximate surface area is 246 Å². The largest absolute Gasteiger partial charge is 0.206 e. The van der Waals surface area contributed by atoms with E-state index in [2.05, 4.69) is 19.9 Å². The molecule has 220 valence electrons. The third-order valence-electron chi connectivity index (χ3n) is 8.79. The van der Waals surface area contributed by atoms with Crippen molar-refractivity contribution in [3.05, 3.63) is 89.3 Å². The Morgan fingerprint density at radius 2 is 1.24 bits per heavy atom. The third-order valence-corrected chi connectivity index (χ3v) is 8.79. The highest BCUT2D eigenvalue weighted by atomic mass is 19.2. The Balaban J connectivity index is 1.37. The lowest BCUT2D eigenvalue weighted by Gasteiger charge is -2.22. The van der Waals surface area contributed by atoms with Gasteiger partial charge in [-0.15, -0.1) is 0 Å². The normalized spacial score (nSPS) is 15.2. The van der Waals surface area contributed by atoms with Crippen LogP contribution in [0.4, 0.5) is 13.2 Å². The first-order chi connectivity index (χ1) is 20.0. The smallest absolute Gasteiger partial charge is 0.166 e. The zero-order valence-corrected chi connectivity index (χ0v) is 25.1. The minimum atomic E-state index is -0.807. The summed E-state index contributed by atoms with van der Waals surface area (Å²) >= 11 is 0. The van der Waals surface area contributed by atoms with Crippen molar-refractivity contribution in [1.82, 2.24) is 0 Å². The molecular weight excluding hydrogens is 513 g/mol. The van der Waals surface area contributed by atoms with Crippen LogP contribution in [0.15, 0.2) is 60.7 Å². The molecule has 1 aliphatic rings. The van der Waals surface area contributed by atoms with Crippen LogP contribution in [0.5, 0.6) is 0 Å². The summed E-state index contributed by atoms with van der Waals surface area (Å²) in [5.74, 6) is -1.05. The summed E-state index contributed by atoms with van der Waals surface area (Å²) in [6.45, 7) is 4.41. The molecular formula is C38H47F3. The number of halogens is 3. The van der Waals surface area contributed by atoms with Crippen molar-refractivity contribution in [1.29, 1.82) is 0 Å². The van der Waals surface area contributed by atoms with Gasteiger partial charge in [0.1, 0.15) is 5.82 Å². The molecule has 0 nitrogen and oxygen atoms in total. The fraction of sp³-hybridized carbons (Fsp3) is 0.474. The highest BCUT2D eigenvalue weighted by Crippen LogP contribution is 2.35. The molecule has 41 heavy (non-hydrogen) atoms. The van der Waals surface area contributed by atoms with E-state index in [1.165, 1.54) is 56.9 Å². The third kappa shape index (κ3) is 8.60. The maximum atomic E-state index is 15.3. The molecule has 0 fully saturated rings. The van der Waals surface area contributed by atoms with Crippen LogP contribution in [-0.4, -0.2) is 0 Å². The summed E-state index contributed by atoms with van der Waals surface area (Å²) in [4.78, 5) is 0. The van der Waals surface area contributed by atoms with Gasteiger partial charge in [0.2, 0.25) is 0 Å². The molecule has 0 heterocycles. The van der Waals surface area contributed by atoms with Gasteiger partial charge in [0.05, 0.1) is 0 Å². The average Bonchev–Trinajstić information content (AvgIpc) is 2.99. The number of hydrogen-bond donors (Lipinski definition) is 0. The van der Waals surface area contributed by atoms with Crippen LogP contribution >= 0.6 is 0 Å². The average molecular weight is 561 g/mol. The van der Waals surface area contributed by atoms with Gasteiger partial charge in [-0.2, -0.15) is 0 Å². The number of rotatable bonds is 15. The second kappa shape index (κ2) is 16.0. The summed E-state index contributed by atoms with van der Waals surface area (Å²) < 4.78 is 45.0. The molecule has 0 bridgehead atoms. The molecule has 1 unspecified atom stereocenters. The standard InChI is InChI=1S/C38H47F3/c1-3-5-7-9-11-13-28-15-17-29(18-16-28)33-24-25-34(36(39)27-33)30-19-21-31(22-20-30)35-26-23-32(37(40)38(35)41)14-12-10-8-6-4-2/h17,19-28H,3-16,18H2,1-2H3. The van der Waals surface area contributed by atoms with E-state index in [1.54, 1.807) is 42.5 Å². The van der Waals surface area contributed by atoms with Crippen molar-refractivity contribution in [3.63, 3.8) is 0 Å². The zero-order chi connectivity index (χ0) is 29.0. The molecule has 1 aliphatic carbocycles. The van der Waals surface area contributed by atoms with Crippen LogP contribution in [0.25, 0.3) is 27.8 Å². The van der Waals surface area contributed by atoms with Gasteiger partial charge < -0.3 is 0 Å². The molecule has 0 spiro atoms. The molecule has 3 heteroatoms. The first-order valence-electron chi connectivity index (χ1n) is 16.1. The molecule has 0 amide bonds. The molecule has 0 radical (unpaired) electrons. The van der Waals surface area contributed by atoms with Crippen molar-refractivity contribution in [2.24, 2.45) is 5.92 Å². The van der Waals surface area contributed by atoms with E-state index in [1.807, 2.05) is 12.1 Å².